The van der Waals surface area contributed by atoms with Gasteiger partial charge in [-0.25, -0.2) is 0 Å². The van der Waals surface area contributed by atoms with E-state index in [1.165, 1.54) is 57.5 Å². The predicted octanol–water partition coefficient (Wildman–Crippen LogP) is 2.70. The van der Waals surface area contributed by atoms with Crippen LogP contribution in [-0.4, -0.2) is 42.1 Å². The highest BCUT2D eigenvalue weighted by Crippen LogP contribution is 2.46. The number of aromatic nitrogens is 1. The molecule has 1 aromatic rings. The van der Waals surface area contributed by atoms with Crippen LogP contribution in [0.5, 0.6) is 0 Å². The van der Waals surface area contributed by atoms with Gasteiger partial charge in [0.2, 0.25) is 0 Å². The lowest BCUT2D eigenvalue weighted by Gasteiger charge is -2.41. The quantitative estimate of drug-likeness (QED) is 0.824. The number of piperazine rings is 1. The zero-order valence-corrected chi connectivity index (χ0v) is 12.5. The van der Waals surface area contributed by atoms with E-state index in [-0.39, 0.29) is 0 Å². The van der Waals surface area contributed by atoms with Gasteiger partial charge in [-0.3, -0.25) is 9.88 Å². The molecule has 2 bridgehead atoms. The topological polar surface area (TPSA) is 19.4 Å². The van der Waals surface area contributed by atoms with Crippen LogP contribution in [0.1, 0.15) is 31.4 Å². The first-order valence-electron chi connectivity index (χ1n) is 8.21. The van der Waals surface area contributed by atoms with Crippen molar-refractivity contribution in [2.45, 2.75) is 38.6 Å². The minimum absolute atomic E-state index is 0.912. The average Bonchev–Trinajstić information content (AvgIpc) is 3.10. The maximum atomic E-state index is 4.30. The summed E-state index contributed by atoms with van der Waals surface area (Å²) >= 11 is 0. The fourth-order valence-electron chi connectivity index (χ4n) is 4.70. The minimum Gasteiger partial charge on any atom is -0.369 e. The number of anilines is 1. The Bertz CT molecular complexity index is 479. The average molecular weight is 271 g/mol. The maximum Gasteiger partial charge on any atom is 0.0400 e. The SMILES string of the molecule is Cc1cc(N2CCN(C3CC4CCC3C4)CC2)ccn1. The molecule has 1 aliphatic heterocycles. The number of pyridine rings is 1. The van der Waals surface area contributed by atoms with Gasteiger partial charge in [0.15, 0.2) is 0 Å². The fourth-order valence-corrected chi connectivity index (χ4v) is 4.70. The molecular formula is C17H25N3. The van der Waals surface area contributed by atoms with Crippen molar-refractivity contribution in [3.05, 3.63) is 24.0 Å². The van der Waals surface area contributed by atoms with Gasteiger partial charge in [0.05, 0.1) is 0 Å². The largest absolute Gasteiger partial charge is 0.369 e. The Morgan fingerprint density at radius 1 is 1.10 bits per heavy atom. The molecule has 3 aliphatic rings. The van der Waals surface area contributed by atoms with Gasteiger partial charge in [-0.2, -0.15) is 0 Å². The summed E-state index contributed by atoms with van der Waals surface area (Å²) < 4.78 is 0. The molecule has 0 radical (unpaired) electrons. The van der Waals surface area contributed by atoms with E-state index in [0.29, 0.717) is 0 Å². The van der Waals surface area contributed by atoms with Crippen molar-refractivity contribution < 1.29 is 0 Å². The van der Waals surface area contributed by atoms with E-state index < -0.39 is 0 Å². The van der Waals surface area contributed by atoms with Gasteiger partial charge in [0.1, 0.15) is 0 Å². The van der Waals surface area contributed by atoms with Crippen LogP contribution in [0.15, 0.2) is 18.3 Å². The third-order valence-electron chi connectivity index (χ3n) is 5.73. The first kappa shape index (κ1) is 12.6. The Morgan fingerprint density at radius 3 is 2.60 bits per heavy atom. The van der Waals surface area contributed by atoms with E-state index in [9.17, 15) is 0 Å². The molecule has 20 heavy (non-hydrogen) atoms. The summed E-state index contributed by atoms with van der Waals surface area (Å²) in [5, 5.41) is 0. The van der Waals surface area contributed by atoms with E-state index in [4.69, 9.17) is 0 Å². The summed E-state index contributed by atoms with van der Waals surface area (Å²) in [6.07, 6.45) is 7.96. The van der Waals surface area contributed by atoms with E-state index in [1.54, 1.807) is 0 Å². The molecule has 3 unspecified atom stereocenters. The van der Waals surface area contributed by atoms with Crippen LogP contribution in [0.4, 0.5) is 5.69 Å². The lowest BCUT2D eigenvalue weighted by atomic mass is 9.93. The summed E-state index contributed by atoms with van der Waals surface area (Å²) in [6, 6.07) is 5.28. The molecule has 1 aromatic heterocycles. The number of aryl methyl sites for hydroxylation is 1. The van der Waals surface area contributed by atoms with Gasteiger partial charge in [-0.15, -0.1) is 0 Å². The number of hydrogen-bond donors (Lipinski definition) is 0. The summed E-state index contributed by atoms with van der Waals surface area (Å²) in [6.45, 7) is 6.92. The van der Waals surface area contributed by atoms with Crippen molar-refractivity contribution >= 4 is 5.69 Å². The summed E-state index contributed by atoms with van der Waals surface area (Å²) in [5.74, 6) is 2.08. The van der Waals surface area contributed by atoms with Gasteiger partial charge in [0, 0.05) is 49.8 Å². The molecular weight excluding hydrogens is 246 g/mol. The Hall–Kier alpha value is -1.09. The third-order valence-corrected chi connectivity index (χ3v) is 5.73. The highest BCUT2D eigenvalue weighted by atomic mass is 15.3. The van der Waals surface area contributed by atoms with Crippen molar-refractivity contribution in [3.63, 3.8) is 0 Å². The standard InChI is InChI=1S/C17H25N3/c1-13-10-16(4-5-18-13)19-6-8-20(9-7-19)17-12-14-2-3-15(17)11-14/h4-5,10,14-15,17H,2-3,6-9,11-12H2,1H3. The molecule has 0 spiro atoms. The molecule has 0 aromatic carbocycles. The highest BCUT2D eigenvalue weighted by molar-refractivity contribution is 5.46. The van der Waals surface area contributed by atoms with E-state index in [1.807, 2.05) is 6.20 Å². The molecule has 3 nitrogen and oxygen atoms in total. The first-order chi connectivity index (χ1) is 9.79. The van der Waals surface area contributed by atoms with Crippen LogP contribution in [0, 0.1) is 18.8 Å². The van der Waals surface area contributed by atoms with Gasteiger partial charge >= 0.3 is 0 Å². The second-order valence-corrected chi connectivity index (χ2v) is 6.92. The zero-order chi connectivity index (χ0) is 13.5. The molecule has 1 saturated heterocycles. The Labute approximate surface area is 122 Å². The van der Waals surface area contributed by atoms with Crippen LogP contribution in [-0.2, 0) is 0 Å². The predicted molar refractivity (Wildman–Crippen MR) is 82.0 cm³/mol. The number of nitrogens with zero attached hydrogens (tertiary/aromatic N) is 3. The van der Waals surface area contributed by atoms with Crippen LogP contribution in [0.25, 0.3) is 0 Å². The summed E-state index contributed by atoms with van der Waals surface area (Å²) in [4.78, 5) is 9.61. The fraction of sp³-hybridized carbons (Fsp3) is 0.706. The van der Waals surface area contributed by atoms with Crippen LogP contribution in [0.3, 0.4) is 0 Å². The van der Waals surface area contributed by atoms with Gasteiger partial charge < -0.3 is 4.90 Å². The first-order valence-corrected chi connectivity index (χ1v) is 8.21. The number of rotatable bonds is 2. The molecule has 0 amide bonds. The molecule has 3 fully saturated rings. The van der Waals surface area contributed by atoms with Crippen LogP contribution in [0.2, 0.25) is 0 Å². The smallest absolute Gasteiger partial charge is 0.0400 e. The number of fused-ring (bicyclic) bond motifs is 2. The lowest BCUT2D eigenvalue weighted by Crippen LogP contribution is -2.51. The van der Waals surface area contributed by atoms with Crippen molar-refractivity contribution in [1.82, 2.24) is 9.88 Å². The van der Waals surface area contributed by atoms with Gasteiger partial charge in [0.25, 0.3) is 0 Å². The molecule has 3 heteroatoms. The normalized spacial score (nSPS) is 33.9. The van der Waals surface area contributed by atoms with E-state index in [2.05, 4.69) is 33.8 Å². The Morgan fingerprint density at radius 2 is 1.95 bits per heavy atom. The minimum atomic E-state index is 0.912. The van der Waals surface area contributed by atoms with Gasteiger partial charge in [-0.05, 0) is 50.2 Å². The molecule has 2 aliphatic carbocycles. The van der Waals surface area contributed by atoms with Gasteiger partial charge in [-0.1, -0.05) is 6.42 Å². The van der Waals surface area contributed by atoms with Crippen molar-refractivity contribution in [1.29, 1.82) is 0 Å². The summed E-state index contributed by atoms with van der Waals surface area (Å²) in [7, 11) is 0. The van der Waals surface area contributed by atoms with Crippen LogP contribution < -0.4 is 4.90 Å². The Kier molecular flexibility index (Phi) is 3.18. The zero-order valence-electron chi connectivity index (χ0n) is 12.5. The van der Waals surface area contributed by atoms with E-state index in [0.717, 1.165) is 23.6 Å². The summed E-state index contributed by atoms with van der Waals surface area (Å²) in [5.41, 5.74) is 2.48. The molecule has 2 saturated carbocycles. The Balaban J connectivity index is 1.38. The molecule has 3 atom stereocenters. The van der Waals surface area contributed by atoms with Crippen molar-refractivity contribution in [3.8, 4) is 0 Å². The molecule has 108 valence electrons. The van der Waals surface area contributed by atoms with Crippen molar-refractivity contribution in [2.75, 3.05) is 31.1 Å². The second kappa shape index (κ2) is 5.03. The molecule has 0 N–H and O–H groups in total. The van der Waals surface area contributed by atoms with E-state index >= 15 is 0 Å². The number of hydrogen-bond acceptors (Lipinski definition) is 3. The lowest BCUT2D eigenvalue weighted by molar-refractivity contribution is 0.135. The second-order valence-electron chi connectivity index (χ2n) is 6.92. The maximum absolute atomic E-state index is 4.30. The van der Waals surface area contributed by atoms with Crippen molar-refractivity contribution in [2.24, 2.45) is 11.8 Å². The molecule has 2 heterocycles. The monoisotopic (exact) mass is 271 g/mol. The highest BCUT2D eigenvalue weighted by Gasteiger charge is 2.42. The van der Waals surface area contributed by atoms with Crippen LogP contribution >= 0.6 is 0 Å². The third kappa shape index (κ3) is 2.22. The molecule has 4 rings (SSSR count).